The van der Waals surface area contributed by atoms with Gasteiger partial charge in [-0.1, -0.05) is 24.3 Å². The lowest BCUT2D eigenvalue weighted by atomic mass is 9.89. The lowest BCUT2D eigenvalue weighted by Crippen LogP contribution is -2.32. The first-order valence-electron chi connectivity index (χ1n) is 8.76. The molecule has 4 rings (SSSR count). The van der Waals surface area contributed by atoms with Gasteiger partial charge in [0.2, 0.25) is 0 Å². The molecule has 25 heavy (non-hydrogen) atoms. The summed E-state index contributed by atoms with van der Waals surface area (Å²) < 4.78 is 1.92. The van der Waals surface area contributed by atoms with Gasteiger partial charge in [0.05, 0.1) is 12.2 Å². The highest BCUT2D eigenvalue weighted by Gasteiger charge is 2.39. The predicted molar refractivity (Wildman–Crippen MR) is 99.1 cm³/mol. The Morgan fingerprint density at radius 3 is 2.64 bits per heavy atom. The third-order valence-electron chi connectivity index (χ3n) is 5.38. The van der Waals surface area contributed by atoms with Gasteiger partial charge in [-0.25, -0.2) is 4.98 Å². The number of β-amino-alcohol motifs (C(OH)–C–C–N with tert-alkyl or cyclic N) is 1. The van der Waals surface area contributed by atoms with Crippen molar-refractivity contribution in [3.8, 4) is 0 Å². The van der Waals surface area contributed by atoms with Crippen LogP contribution in [0.2, 0.25) is 0 Å². The smallest absolute Gasteiger partial charge is 0.160 e. The van der Waals surface area contributed by atoms with E-state index in [9.17, 15) is 5.11 Å². The van der Waals surface area contributed by atoms with Crippen molar-refractivity contribution in [2.24, 2.45) is 0 Å². The molecule has 5 nitrogen and oxygen atoms in total. The van der Waals surface area contributed by atoms with Crippen molar-refractivity contribution in [3.63, 3.8) is 0 Å². The summed E-state index contributed by atoms with van der Waals surface area (Å²) in [5.74, 6) is 1.00. The zero-order chi connectivity index (χ0) is 17.8. The first kappa shape index (κ1) is 16.1. The fourth-order valence-corrected chi connectivity index (χ4v) is 3.86. The van der Waals surface area contributed by atoms with Gasteiger partial charge in [0.25, 0.3) is 0 Å². The maximum atomic E-state index is 11.3. The Morgan fingerprint density at radius 1 is 1.12 bits per heavy atom. The molecule has 1 fully saturated rings. The summed E-state index contributed by atoms with van der Waals surface area (Å²) in [6.07, 6.45) is 0.708. The van der Waals surface area contributed by atoms with Crippen LogP contribution in [0, 0.1) is 27.7 Å². The van der Waals surface area contributed by atoms with Crippen LogP contribution in [0.25, 0.3) is 5.65 Å². The number of anilines is 1. The summed E-state index contributed by atoms with van der Waals surface area (Å²) in [4.78, 5) is 6.87. The Hall–Kier alpha value is -2.40. The SMILES string of the molecule is Cc1cc(N2CCC(O)(c3ccccc3C)C2)n2nc(C)c(C)c2n1. The van der Waals surface area contributed by atoms with Crippen LogP contribution in [-0.2, 0) is 5.60 Å². The monoisotopic (exact) mass is 336 g/mol. The summed E-state index contributed by atoms with van der Waals surface area (Å²) >= 11 is 0. The van der Waals surface area contributed by atoms with Crippen molar-refractivity contribution in [3.05, 3.63) is 58.4 Å². The van der Waals surface area contributed by atoms with Gasteiger partial charge in [0.1, 0.15) is 11.4 Å². The predicted octanol–water partition coefficient (Wildman–Crippen LogP) is 3.06. The third kappa shape index (κ3) is 2.50. The molecule has 130 valence electrons. The zero-order valence-electron chi connectivity index (χ0n) is 15.2. The van der Waals surface area contributed by atoms with Gasteiger partial charge in [-0.2, -0.15) is 9.61 Å². The second-order valence-electron chi connectivity index (χ2n) is 7.22. The Morgan fingerprint density at radius 2 is 1.88 bits per heavy atom. The molecular weight excluding hydrogens is 312 g/mol. The minimum atomic E-state index is -0.827. The van der Waals surface area contributed by atoms with Gasteiger partial charge in [-0.3, -0.25) is 0 Å². The highest BCUT2D eigenvalue weighted by molar-refractivity contribution is 5.57. The molecule has 0 radical (unpaired) electrons. The molecule has 1 aromatic carbocycles. The zero-order valence-corrected chi connectivity index (χ0v) is 15.2. The maximum absolute atomic E-state index is 11.3. The van der Waals surface area contributed by atoms with Gasteiger partial charge >= 0.3 is 0 Å². The first-order valence-corrected chi connectivity index (χ1v) is 8.76. The van der Waals surface area contributed by atoms with E-state index in [4.69, 9.17) is 0 Å². The molecule has 0 spiro atoms. The summed E-state index contributed by atoms with van der Waals surface area (Å²) in [7, 11) is 0. The Bertz CT molecular complexity index is 962. The number of aromatic nitrogens is 3. The summed E-state index contributed by atoms with van der Waals surface area (Å²) in [5, 5.41) is 16.0. The minimum absolute atomic E-state index is 0.564. The number of fused-ring (bicyclic) bond motifs is 1. The molecule has 3 heterocycles. The highest BCUT2D eigenvalue weighted by atomic mass is 16.3. The topological polar surface area (TPSA) is 53.7 Å². The lowest BCUT2D eigenvalue weighted by molar-refractivity contribution is 0.0599. The molecule has 1 atom stereocenters. The van der Waals surface area contributed by atoms with Crippen LogP contribution >= 0.6 is 0 Å². The van der Waals surface area contributed by atoms with Crippen molar-refractivity contribution < 1.29 is 5.11 Å². The van der Waals surface area contributed by atoms with Gasteiger partial charge < -0.3 is 10.0 Å². The van der Waals surface area contributed by atoms with E-state index in [1.807, 2.05) is 36.6 Å². The molecule has 0 saturated carbocycles. The quantitative estimate of drug-likeness (QED) is 0.781. The summed E-state index contributed by atoms with van der Waals surface area (Å²) in [6.45, 7) is 9.49. The van der Waals surface area contributed by atoms with E-state index < -0.39 is 5.60 Å². The average Bonchev–Trinajstić information content (AvgIpc) is 3.10. The molecule has 5 heteroatoms. The Labute approximate surface area is 147 Å². The van der Waals surface area contributed by atoms with Crippen molar-refractivity contribution in [1.82, 2.24) is 14.6 Å². The molecule has 1 aliphatic rings. The number of aliphatic hydroxyl groups is 1. The van der Waals surface area contributed by atoms with Crippen molar-refractivity contribution in [2.75, 3.05) is 18.0 Å². The van der Waals surface area contributed by atoms with Crippen LogP contribution < -0.4 is 4.90 Å². The lowest BCUT2D eigenvalue weighted by Gasteiger charge is -2.26. The average molecular weight is 336 g/mol. The Kier molecular flexibility index (Phi) is 3.58. The number of hydrogen-bond acceptors (Lipinski definition) is 4. The summed E-state index contributed by atoms with van der Waals surface area (Å²) in [5.41, 5.74) is 5.30. The summed E-state index contributed by atoms with van der Waals surface area (Å²) in [6, 6.07) is 10.2. The number of hydrogen-bond donors (Lipinski definition) is 1. The normalized spacial score (nSPS) is 20.6. The minimum Gasteiger partial charge on any atom is -0.383 e. The number of rotatable bonds is 2. The molecule has 0 bridgehead atoms. The van der Waals surface area contributed by atoms with E-state index in [1.165, 1.54) is 0 Å². The molecule has 1 unspecified atom stereocenters. The van der Waals surface area contributed by atoms with Crippen LogP contribution in [0.15, 0.2) is 30.3 Å². The van der Waals surface area contributed by atoms with E-state index in [0.717, 1.165) is 46.1 Å². The third-order valence-corrected chi connectivity index (χ3v) is 5.38. The first-order chi connectivity index (χ1) is 11.9. The second-order valence-corrected chi connectivity index (χ2v) is 7.22. The fraction of sp³-hybridized carbons (Fsp3) is 0.400. The second kappa shape index (κ2) is 5.56. The van der Waals surface area contributed by atoms with Gasteiger partial charge in [0.15, 0.2) is 5.65 Å². The molecule has 0 amide bonds. The molecular formula is C20H24N4O. The standard InChI is InChI=1S/C20H24N4O/c1-13-7-5-6-8-17(13)20(25)9-10-23(12-20)18-11-14(2)21-19-15(3)16(4)22-24(18)19/h5-8,11,25H,9-10,12H2,1-4H3. The van der Waals surface area contributed by atoms with E-state index in [0.29, 0.717) is 13.0 Å². The van der Waals surface area contributed by atoms with Crippen LogP contribution in [0.1, 0.15) is 34.5 Å². The molecule has 0 aliphatic carbocycles. The van der Waals surface area contributed by atoms with Crippen LogP contribution in [-0.4, -0.2) is 32.8 Å². The van der Waals surface area contributed by atoms with Crippen LogP contribution in [0.3, 0.4) is 0 Å². The molecule has 1 saturated heterocycles. The van der Waals surface area contributed by atoms with E-state index in [2.05, 4.69) is 41.0 Å². The Balaban J connectivity index is 1.77. The number of benzene rings is 1. The number of nitrogens with zero attached hydrogens (tertiary/aromatic N) is 4. The van der Waals surface area contributed by atoms with Gasteiger partial charge in [0, 0.05) is 23.9 Å². The van der Waals surface area contributed by atoms with E-state index >= 15 is 0 Å². The van der Waals surface area contributed by atoms with E-state index in [1.54, 1.807) is 0 Å². The van der Waals surface area contributed by atoms with Crippen molar-refractivity contribution in [2.45, 2.75) is 39.7 Å². The molecule has 1 aliphatic heterocycles. The molecule has 1 N–H and O–H groups in total. The van der Waals surface area contributed by atoms with Crippen LogP contribution in [0.4, 0.5) is 5.82 Å². The highest BCUT2D eigenvalue weighted by Crippen LogP contribution is 2.36. The van der Waals surface area contributed by atoms with Crippen LogP contribution in [0.5, 0.6) is 0 Å². The largest absolute Gasteiger partial charge is 0.383 e. The van der Waals surface area contributed by atoms with Gasteiger partial charge in [-0.15, -0.1) is 0 Å². The molecule has 3 aromatic rings. The van der Waals surface area contributed by atoms with E-state index in [-0.39, 0.29) is 0 Å². The molecule has 2 aromatic heterocycles. The van der Waals surface area contributed by atoms with Gasteiger partial charge in [-0.05, 0) is 45.2 Å². The van der Waals surface area contributed by atoms with Crippen molar-refractivity contribution in [1.29, 1.82) is 0 Å². The van der Waals surface area contributed by atoms with Crippen molar-refractivity contribution >= 4 is 11.5 Å². The maximum Gasteiger partial charge on any atom is 0.160 e. The number of aryl methyl sites for hydroxylation is 4. The fourth-order valence-electron chi connectivity index (χ4n) is 3.86.